The molecule has 0 aliphatic carbocycles. The Morgan fingerprint density at radius 2 is 1.81 bits per heavy atom. The quantitative estimate of drug-likeness (QED) is 0.541. The van der Waals surface area contributed by atoms with Crippen LogP contribution in [0.3, 0.4) is 0 Å². The fraction of sp³-hybridized carbons (Fsp3) is 0.238. The van der Waals surface area contributed by atoms with E-state index in [0.29, 0.717) is 12.6 Å². The smallest absolute Gasteiger partial charge is 0.318 e. The molecule has 136 valence electrons. The van der Waals surface area contributed by atoms with Crippen LogP contribution in [0.5, 0.6) is 6.01 Å². The van der Waals surface area contributed by atoms with Gasteiger partial charge in [0.05, 0.1) is 11.0 Å². The Labute approximate surface area is 157 Å². The van der Waals surface area contributed by atoms with E-state index in [2.05, 4.69) is 33.8 Å². The monoisotopic (exact) mass is 359 g/mol. The molecule has 0 N–H and O–H groups in total. The van der Waals surface area contributed by atoms with Gasteiger partial charge >= 0.3 is 6.01 Å². The minimum Gasteiger partial charge on any atom is -0.462 e. The summed E-state index contributed by atoms with van der Waals surface area (Å²) < 4.78 is 7.92. The summed E-state index contributed by atoms with van der Waals surface area (Å²) in [5.41, 5.74) is 3.86. The highest BCUT2D eigenvalue weighted by molar-refractivity contribution is 5.77. The van der Waals surface area contributed by atoms with E-state index in [9.17, 15) is 0 Å². The number of para-hydroxylation sites is 2. The maximum Gasteiger partial charge on any atom is 0.318 e. The van der Waals surface area contributed by atoms with Crippen LogP contribution in [0.2, 0.25) is 0 Å². The molecule has 27 heavy (non-hydrogen) atoms. The molecule has 1 aromatic carbocycles. The third kappa shape index (κ3) is 3.38. The maximum atomic E-state index is 5.95. The van der Waals surface area contributed by atoms with E-state index in [1.807, 2.05) is 47.9 Å². The molecule has 0 unspecified atom stereocenters. The fourth-order valence-corrected chi connectivity index (χ4v) is 2.99. The van der Waals surface area contributed by atoms with Crippen LogP contribution in [0, 0.1) is 6.92 Å². The number of pyridine rings is 1. The number of benzene rings is 1. The highest BCUT2D eigenvalue weighted by Crippen LogP contribution is 2.24. The first kappa shape index (κ1) is 17.1. The van der Waals surface area contributed by atoms with Crippen molar-refractivity contribution in [1.29, 1.82) is 0 Å². The van der Waals surface area contributed by atoms with E-state index < -0.39 is 0 Å². The maximum absolute atomic E-state index is 5.95. The van der Waals surface area contributed by atoms with E-state index >= 15 is 0 Å². The van der Waals surface area contributed by atoms with Gasteiger partial charge in [-0.05, 0) is 36.8 Å². The average molecular weight is 359 g/mol. The summed E-state index contributed by atoms with van der Waals surface area (Å²) in [6.45, 7) is 6.70. The lowest BCUT2D eigenvalue weighted by molar-refractivity contribution is 0.223. The Morgan fingerprint density at radius 3 is 2.63 bits per heavy atom. The molecule has 4 rings (SSSR count). The summed E-state index contributed by atoms with van der Waals surface area (Å²) in [5, 5.41) is 0. The number of rotatable bonds is 5. The normalized spacial score (nSPS) is 11.7. The van der Waals surface area contributed by atoms with Gasteiger partial charge in [-0.15, -0.1) is 0 Å². The molecule has 0 spiro atoms. The van der Waals surface area contributed by atoms with Crippen molar-refractivity contribution in [3.05, 3.63) is 72.4 Å². The zero-order valence-electron chi connectivity index (χ0n) is 15.6. The van der Waals surface area contributed by atoms with Gasteiger partial charge in [0.25, 0.3) is 0 Å². The second kappa shape index (κ2) is 6.79. The lowest BCUT2D eigenvalue weighted by Crippen LogP contribution is -2.26. The van der Waals surface area contributed by atoms with Crippen LogP contribution in [0.1, 0.15) is 25.0 Å². The van der Waals surface area contributed by atoms with Gasteiger partial charge in [-0.2, -0.15) is 4.98 Å². The molecule has 0 aliphatic rings. The molecule has 0 atom stereocenters. The predicted octanol–water partition coefficient (Wildman–Crippen LogP) is 3.88. The molecule has 3 aromatic heterocycles. The first-order valence-corrected chi connectivity index (χ1v) is 8.84. The SMILES string of the molecule is Cc1cnc(OCC(C)(C)c2ccncc2)nc1-n1cnc2ccccc21. The molecule has 0 radical (unpaired) electrons. The van der Waals surface area contributed by atoms with Crippen LogP contribution >= 0.6 is 0 Å². The van der Waals surface area contributed by atoms with E-state index in [4.69, 9.17) is 4.74 Å². The molecule has 0 bridgehead atoms. The zero-order chi connectivity index (χ0) is 18.9. The van der Waals surface area contributed by atoms with Gasteiger partial charge in [0.2, 0.25) is 0 Å². The number of fused-ring (bicyclic) bond motifs is 1. The van der Waals surface area contributed by atoms with Gasteiger partial charge < -0.3 is 4.74 Å². The standard InChI is InChI=1S/C21H21N5O/c1-15-12-23-20(27-13-21(2,3)16-8-10-22-11-9-16)25-19(15)26-14-24-17-6-4-5-7-18(17)26/h4-12,14H,13H2,1-3H3. The molecular formula is C21H21N5O. The van der Waals surface area contributed by atoms with Crippen molar-refractivity contribution in [2.45, 2.75) is 26.2 Å². The van der Waals surface area contributed by atoms with Crippen LogP contribution < -0.4 is 4.74 Å². The second-order valence-corrected chi connectivity index (χ2v) is 7.17. The molecule has 3 heterocycles. The van der Waals surface area contributed by atoms with Crippen molar-refractivity contribution in [2.24, 2.45) is 0 Å². The summed E-state index contributed by atoms with van der Waals surface area (Å²) >= 11 is 0. The zero-order valence-corrected chi connectivity index (χ0v) is 15.6. The molecule has 6 heteroatoms. The van der Waals surface area contributed by atoms with E-state index in [1.165, 1.54) is 0 Å². The topological polar surface area (TPSA) is 65.7 Å². The fourth-order valence-electron chi connectivity index (χ4n) is 2.99. The Bertz CT molecular complexity index is 1070. The van der Waals surface area contributed by atoms with Crippen LogP contribution in [0.15, 0.2) is 61.3 Å². The number of imidazole rings is 1. The molecule has 0 saturated carbocycles. The lowest BCUT2D eigenvalue weighted by atomic mass is 9.86. The summed E-state index contributed by atoms with van der Waals surface area (Å²) in [6, 6.07) is 12.3. The first-order chi connectivity index (χ1) is 13.0. The molecule has 0 saturated heterocycles. The summed E-state index contributed by atoms with van der Waals surface area (Å²) in [5.74, 6) is 0.774. The van der Waals surface area contributed by atoms with Crippen molar-refractivity contribution < 1.29 is 4.74 Å². The average Bonchev–Trinajstić information content (AvgIpc) is 3.12. The number of nitrogens with zero attached hydrogens (tertiary/aromatic N) is 5. The minimum atomic E-state index is -0.181. The number of ether oxygens (including phenoxy) is 1. The highest BCUT2D eigenvalue weighted by Gasteiger charge is 2.22. The van der Waals surface area contributed by atoms with Gasteiger partial charge in [0.1, 0.15) is 18.8 Å². The molecule has 0 amide bonds. The van der Waals surface area contributed by atoms with Crippen molar-refractivity contribution in [2.75, 3.05) is 6.61 Å². The Kier molecular flexibility index (Phi) is 4.32. The van der Waals surface area contributed by atoms with Crippen LogP contribution in [-0.2, 0) is 5.41 Å². The minimum absolute atomic E-state index is 0.181. The molecule has 4 aromatic rings. The van der Waals surface area contributed by atoms with E-state index in [1.54, 1.807) is 24.9 Å². The summed E-state index contributed by atoms with van der Waals surface area (Å²) in [7, 11) is 0. The van der Waals surface area contributed by atoms with Crippen molar-refractivity contribution in [3.8, 4) is 11.8 Å². The van der Waals surface area contributed by atoms with Gasteiger partial charge in [0, 0.05) is 29.6 Å². The van der Waals surface area contributed by atoms with Crippen LogP contribution in [0.25, 0.3) is 16.9 Å². The summed E-state index contributed by atoms with van der Waals surface area (Å²) in [6.07, 6.45) is 7.15. The number of aryl methyl sites for hydroxylation is 1. The van der Waals surface area contributed by atoms with Crippen molar-refractivity contribution in [1.82, 2.24) is 24.5 Å². The van der Waals surface area contributed by atoms with Gasteiger partial charge in [-0.1, -0.05) is 26.0 Å². The van der Waals surface area contributed by atoms with Crippen molar-refractivity contribution in [3.63, 3.8) is 0 Å². The van der Waals surface area contributed by atoms with Gasteiger partial charge in [0.15, 0.2) is 0 Å². The Balaban J connectivity index is 1.61. The third-order valence-corrected chi connectivity index (χ3v) is 4.63. The number of hydrogen-bond acceptors (Lipinski definition) is 5. The lowest BCUT2D eigenvalue weighted by Gasteiger charge is -2.24. The van der Waals surface area contributed by atoms with Gasteiger partial charge in [-0.3, -0.25) is 9.55 Å². The second-order valence-electron chi connectivity index (χ2n) is 7.17. The Morgan fingerprint density at radius 1 is 1.04 bits per heavy atom. The molecule has 0 aliphatic heterocycles. The number of aromatic nitrogens is 5. The Hall–Kier alpha value is -3.28. The van der Waals surface area contributed by atoms with E-state index in [0.717, 1.165) is 28.0 Å². The highest BCUT2D eigenvalue weighted by atomic mass is 16.5. The third-order valence-electron chi connectivity index (χ3n) is 4.63. The van der Waals surface area contributed by atoms with E-state index in [-0.39, 0.29) is 5.41 Å². The molecular weight excluding hydrogens is 338 g/mol. The van der Waals surface area contributed by atoms with Gasteiger partial charge in [-0.25, -0.2) is 9.97 Å². The van der Waals surface area contributed by atoms with Crippen LogP contribution in [0.4, 0.5) is 0 Å². The molecule has 6 nitrogen and oxygen atoms in total. The largest absolute Gasteiger partial charge is 0.462 e. The number of hydrogen-bond donors (Lipinski definition) is 0. The molecule has 0 fully saturated rings. The van der Waals surface area contributed by atoms with Crippen molar-refractivity contribution >= 4 is 11.0 Å². The first-order valence-electron chi connectivity index (χ1n) is 8.84. The predicted molar refractivity (Wildman–Crippen MR) is 104 cm³/mol. The van der Waals surface area contributed by atoms with Crippen LogP contribution in [-0.4, -0.2) is 31.1 Å². The summed E-state index contributed by atoms with van der Waals surface area (Å²) in [4.78, 5) is 17.5.